The summed E-state index contributed by atoms with van der Waals surface area (Å²) in [5, 5.41) is 22.4. The van der Waals surface area contributed by atoms with Gasteiger partial charge >= 0.3 is 0 Å². The van der Waals surface area contributed by atoms with Crippen LogP contribution < -0.4 is 5.73 Å². The summed E-state index contributed by atoms with van der Waals surface area (Å²) in [4.78, 5) is 34.4. The van der Waals surface area contributed by atoms with Crippen molar-refractivity contribution in [3.63, 3.8) is 0 Å². The van der Waals surface area contributed by atoms with E-state index in [1.807, 2.05) is 0 Å². The standard InChI is InChI=1S/C15H14N4O5/c1-17(9-10-5-3-2-4-6-10)15(20)14-12(18(21)22)7-11(16)8-13(14)19(23)24/h2-8H,9,16H2,1H3. The number of anilines is 1. The monoisotopic (exact) mass is 330 g/mol. The molecule has 0 saturated heterocycles. The highest BCUT2D eigenvalue weighted by Gasteiger charge is 2.33. The minimum absolute atomic E-state index is 0.151. The summed E-state index contributed by atoms with van der Waals surface area (Å²) in [6, 6.07) is 10.8. The van der Waals surface area contributed by atoms with E-state index in [1.54, 1.807) is 30.3 Å². The third-order valence-electron chi connectivity index (χ3n) is 3.34. The Morgan fingerprint density at radius 2 is 1.58 bits per heavy atom. The first-order valence-corrected chi connectivity index (χ1v) is 6.83. The Morgan fingerprint density at radius 3 is 2.04 bits per heavy atom. The number of nitro groups is 2. The van der Waals surface area contributed by atoms with Crippen LogP contribution in [-0.4, -0.2) is 27.7 Å². The molecule has 0 aliphatic rings. The van der Waals surface area contributed by atoms with Crippen molar-refractivity contribution in [3.05, 3.63) is 73.8 Å². The lowest BCUT2D eigenvalue weighted by molar-refractivity contribution is -0.394. The zero-order valence-electron chi connectivity index (χ0n) is 12.7. The lowest BCUT2D eigenvalue weighted by Gasteiger charge is -2.17. The third kappa shape index (κ3) is 3.46. The molecular formula is C15H14N4O5. The number of carbonyl (C=O) groups excluding carboxylic acids is 1. The Labute approximate surface area is 136 Å². The number of rotatable bonds is 5. The molecule has 0 radical (unpaired) electrons. The first-order chi connectivity index (χ1) is 11.3. The van der Waals surface area contributed by atoms with Crippen molar-refractivity contribution < 1.29 is 14.6 Å². The maximum atomic E-state index is 12.6. The van der Waals surface area contributed by atoms with Crippen LogP contribution in [0, 0.1) is 20.2 Å². The highest BCUT2D eigenvalue weighted by atomic mass is 16.6. The Balaban J connectivity index is 2.47. The number of nitrogens with zero attached hydrogens (tertiary/aromatic N) is 3. The molecule has 0 fully saturated rings. The molecule has 0 atom stereocenters. The van der Waals surface area contributed by atoms with Crippen LogP contribution in [-0.2, 0) is 6.54 Å². The minimum Gasteiger partial charge on any atom is -0.398 e. The van der Waals surface area contributed by atoms with E-state index in [2.05, 4.69) is 0 Å². The molecule has 0 heterocycles. The van der Waals surface area contributed by atoms with Crippen molar-refractivity contribution in [2.24, 2.45) is 0 Å². The fourth-order valence-corrected chi connectivity index (χ4v) is 2.26. The predicted molar refractivity (Wildman–Crippen MR) is 86.4 cm³/mol. The lowest BCUT2D eigenvalue weighted by atomic mass is 10.1. The molecule has 0 unspecified atom stereocenters. The van der Waals surface area contributed by atoms with Gasteiger partial charge in [-0.2, -0.15) is 0 Å². The minimum atomic E-state index is -0.854. The molecule has 124 valence electrons. The first-order valence-electron chi connectivity index (χ1n) is 6.83. The van der Waals surface area contributed by atoms with Gasteiger partial charge in [0.2, 0.25) is 0 Å². The molecule has 9 nitrogen and oxygen atoms in total. The SMILES string of the molecule is CN(Cc1ccccc1)C(=O)c1c([N+](=O)[O-])cc(N)cc1[N+](=O)[O-]. The molecule has 0 saturated carbocycles. The maximum Gasteiger partial charge on any atom is 0.291 e. The molecular weight excluding hydrogens is 316 g/mol. The third-order valence-corrected chi connectivity index (χ3v) is 3.34. The summed E-state index contributed by atoms with van der Waals surface area (Å²) in [6.45, 7) is 0.151. The molecule has 24 heavy (non-hydrogen) atoms. The normalized spacial score (nSPS) is 10.2. The quantitative estimate of drug-likeness (QED) is 0.508. The molecule has 0 aliphatic heterocycles. The number of carbonyl (C=O) groups is 1. The van der Waals surface area contributed by atoms with Crippen LogP contribution in [0.4, 0.5) is 17.1 Å². The van der Waals surface area contributed by atoms with E-state index in [9.17, 15) is 25.0 Å². The molecule has 9 heteroatoms. The van der Waals surface area contributed by atoms with Gasteiger partial charge < -0.3 is 10.6 Å². The van der Waals surface area contributed by atoms with Crippen LogP contribution in [0.15, 0.2) is 42.5 Å². The molecule has 0 aliphatic carbocycles. The van der Waals surface area contributed by atoms with E-state index >= 15 is 0 Å². The van der Waals surface area contributed by atoms with Gasteiger partial charge in [0.1, 0.15) is 0 Å². The highest BCUT2D eigenvalue weighted by molar-refractivity contribution is 6.02. The van der Waals surface area contributed by atoms with Crippen molar-refractivity contribution in [2.45, 2.75) is 6.54 Å². The van der Waals surface area contributed by atoms with Crippen molar-refractivity contribution in [2.75, 3.05) is 12.8 Å². The van der Waals surface area contributed by atoms with Crippen molar-refractivity contribution in [1.82, 2.24) is 4.90 Å². The van der Waals surface area contributed by atoms with Gasteiger partial charge in [-0.3, -0.25) is 25.0 Å². The summed E-state index contributed by atoms with van der Waals surface area (Å²) < 4.78 is 0. The number of nitrogens with two attached hydrogens (primary N) is 1. The second kappa shape index (κ2) is 6.73. The smallest absolute Gasteiger partial charge is 0.291 e. The van der Waals surface area contributed by atoms with Crippen LogP contribution in [0.25, 0.3) is 0 Å². The van der Waals surface area contributed by atoms with E-state index in [-0.39, 0.29) is 12.2 Å². The molecule has 2 rings (SSSR count). The van der Waals surface area contributed by atoms with Gasteiger partial charge in [-0.15, -0.1) is 0 Å². The van der Waals surface area contributed by atoms with Gasteiger partial charge in [0.15, 0.2) is 5.56 Å². The number of hydrogen-bond donors (Lipinski definition) is 1. The van der Waals surface area contributed by atoms with Gasteiger partial charge in [0.05, 0.1) is 9.85 Å². The van der Waals surface area contributed by atoms with Gasteiger partial charge in [-0.25, -0.2) is 0 Å². The first kappa shape index (κ1) is 16.9. The van der Waals surface area contributed by atoms with Crippen molar-refractivity contribution in [3.8, 4) is 0 Å². The van der Waals surface area contributed by atoms with Crippen molar-refractivity contribution in [1.29, 1.82) is 0 Å². The Bertz CT molecular complexity index is 772. The molecule has 1 amide bonds. The summed E-state index contributed by atoms with van der Waals surface area (Å²) in [5.41, 5.74) is 4.14. The number of benzene rings is 2. The van der Waals surface area contributed by atoms with Crippen LogP contribution in [0.1, 0.15) is 15.9 Å². The maximum absolute atomic E-state index is 12.6. The van der Waals surface area contributed by atoms with Crippen molar-refractivity contribution >= 4 is 23.0 Å². The molecule has 2 aromatic rings. The number of nitrogen functional groups attached to an aromatic ring is 1. The van der Waals surface area contributed by atoms with E-state index in [4.69, 9.17) is 5.73 Å². The zero-order valence-corrected chi connectivity index (χ0v) is 12.7. The van der Waals surface area contributed by atoms with Crippen LogP contribution in [0.3, 0.4) is 0 Å². The average molecular weight is 330 g/mol. The van der Waals surface area contributed by atoms with E-state index in [0.29, 0.717) is 0 Å². The fraction of sp³-hybridized carbons (Fsp3) is 0.133. The van der Waals surface area contributed by atoms with Gasteiger partial charge in [0.25, 0.3) is 17.3 Å². The van der Waals surface area contributed by atoms with Gasteiger partial charge in [-0.1, -0.05) is 30.3 Å². The summed E-state index contributed by atoms with van der Waals surface area (Å²) >= 11 is 0. The van der Waals surface area contributed by atoms with Crippen LogP contribution in [0.2, 0.25) is 0 Å². The topological polar surface area (TPSA) is 133 Å². The molecule has 2 aromatic carbocycles. The van der Waals surface area contributed by atoms with E-state index < -0.39 is 32.7 Å². The largest absolute Gasteiger partial charge is 0.398 e. The van der Waals surface area contributed by atoms with Crippen LogP contribution >= 0.6 is 0 Å². The Kier molecular flexibility index (Phi) is 4.73. The number of hydrogen-bond acceptors (Lipinski definition) is 6. The molecule has 2 N–H and O–H groups in total. The Hall–Kier alpha value is -3.49. The average Bonchev–Trinajstić information content (AvgIpc) is 2.54. The zero-order chi connectivity index (χ0) is 17.9. The second-order valence-electron chi connectivity index (χ2n) is 5.10. The summed E-state index contributed by atoms with van der Waals surface area (Å²) in [7, 11) is 1.42. The number of amides is 1. The lowest BCUT2D eigenvalue weighted by Crippen LogP contribution is -2.27. The van der Waals surface area contributed by atoms with Gasteiger partial charge in [0, 0.05) is 31.4 Å². The molecule has 0 bridgehead atoms. The van der Waals surface area contributed by atoms with E-state index in [1.165, 1.54) is 11.9 Å². The Morgan fingerprint density at radius 1 is 1.08 bits per heavy atom. The predicted octanol–water partition coefficient (Wildman–Crippen LogP) is 2.36. The molecule has 0 spiro atoms. The summed E-state index contributed by atoms with van der Waals surface area (Å²) in [5.74, 6) is -0.822. The number of nitro benzene ring substituents is 2. The van der Waals surface area contributed by atoms with Crippen LogP contribution in [0.5, 0.6) is 0 Å². The fourth-order valence-electron chi connectivity index (χ4n) is 2.26. The molecule has 0 aromatic heterocycles. The van der Waals surface area contributed by atoms with Gasteiger partial charge in [-0.05, 0) is 5.56 Å². The highest BCUT2D eigenvalue weighted by Crippen LogP contribution is 2.32. The second-order valence-corrected chi connectivity index (χ2v) is 5.10. The summed E-state index contributed by atoms with van der Waals surface area (Å²) in [6.07, 6.45) is 0. The van der Waals surface area contributed by atoms with E-state index in [0.717, 1.165) is 17.7 Å².